The van der Waals surface area contributed by atoms with E-state index in [-0.39, 0.29) is 0 Å². The summed E-state index contributed by atoms with van der Waals surface area (Å²) in [5, 5.41) is 18.2. The second kappa shape index (κ2) is 4.96. The first kappa shape index (κ1) is 13.2. The van der Waals surface area contributed by atoms with Gasteiger partial charge in [0.25, 0.3) is 0 Å². The van der Waals surface area contributed by atoms with Crippen LogP contribution in [0.2, 0.25) is 0 Å². The number of hydrogen-bond donors (Lipinski definition) is 0. The number of nitriles is 2. The molecule has 2 aromatic rings. The second-order valence-electron chi connectivity index (χ2n) is 5.50. The van der Waals surface area contributed by atoms with Gasteiger partial charge in [0.15, 0.2) is 6.19 Å². The number of nitrogens with zero attached hydrogens (tertiary/aromatic N) is 3. The van der Waals surface area contributed by atoms with Gasteiger partial charge in [-0.1, -0.05) is 18.2 Å². The fourth-order valence-electron chi connectivity index (χ4n) is 3.18. The molecule has 0 N–H and O–H groups in total. The van der Waals surface area contributed by atoms with E-state index in [2.05, 4.69) is 24.4 Å². The van der Waals surface area contributed by atoms with E-state index in [1.807, 2.05) is 32.0 Å². The van der Waals surface area contributed by atoms with Crippen LogP contribution >= 0.6 is 0 Å². The summed E-state index contributed by atoms with van der Waals surface area (Å²) in [6.07, 6.45) is 2.23. The number of fused-ring (bicyclic) bond motifs is 1. The minimum absolute atomic E-state index is 0.668. The Labute approximate surface area is 124 Å². The molecular formula is C18H15N3. The molecule has 0 aromatic heterocycles. The summed E-state index contributed by atoms with van der Waals surface area (Å²) in [7, 11) is 0. The molecule has 0 unspecified atom stereocenters. The van der Waals surface area contributed by atoms with Crippen LogP contribution in [0.3, 0.4) is 0 Å². The van der Waals surface area contributed by atoms with E-state index in [9.17, 15) is 0 Å². The summed E-state index contributed by atoms with van der Waals surface area (Å²) in [6, 6.07) is 12.3. The summed E-state index contributed by atoms with van der Waals surface area (Å²) < 4.78 is 0. The first-order valence-corrected chi connectivity index (χ1v) is 6.91. The highest BCUT2D eigenvalue weighted by Gasteiger charge is 2.22. The van der Waals surface area contributed by atoms with Crippen LogP contribution in [0.4, 0.5) is 0 Å². The summed E-state index contributed by atoms with van der Waals surface area (Å²) in [5.41, 5.74) is 7.73. The highest BCUT2D eigenvalue weighted by molar-refractivity contribution is 5.76. The molecule has 0 saturated carbocycles. The van der Waals surface area contributed by atoms with Crippen LogP contribution in [0.1, 0.15) is 27.8 Å². The Balaban J connectivity index is 2.19. The Morgan fingerprint density at radius 2 is 1.76 bits per heavy atom. The number of hydrogen-bond acceptors (Lipinski definition) is 3. The minimum atomic E-state index is 0.668. The van der Waals surface area contributed by atoms with Gasteiger partial charge in [0.2, 0.25) is 0 Å². The van der Waals surface area contributed by atoms with Crippen molar-refractivity contribution >= 4 is 0 Å². The molecule has 3 heteroatoms. The highest BCUT2D eigenvalue weighted by atomic mass is 15.1. The van der Waals surface area contributed by atoms with Crippen molar-refractivity contribution in [3.05, 3.63) is 58.1 Å². The molecule has 3 rings (SSSR count). The predicted octanol–water partition coefficient (Wildman–Crippen LogP) is 3.64. The van der Waals surface area contributed by atoms with Gasteiger partial charge < -0.3 is 4.90 Å². The van der Waals surface area contributed by atoms with Crippen molar-refractivity contribution in [2.75, 3.05) is 0 Å². The van der Waals surface area contributed by atoms with Gasteiger partial charge in [-0.15, -0.1) is 0 Å². The van der Waals surface area contributed by atoms with Gasteiger partial charge in [-0.3, -0.25) is 0 Å². The summed E-state index contributed by atoms with van der Waals surface area (Å²) >= 11 is 0. The van der Waals surface area contributed by atoms with E-state index in [1.54, 1.807) is 4.90 Å². The van der Waals surface area contributed by atoms with Crippen LogP contribution in [0.15, 0.2) is 30.3 Å². The first-order chi connectivity index (χ1) is 10.1. The average molecular weight is 273 g/mol. The van der Waals surface area contributed by atoms with E-state index in [1.165, 1.54) is 22.3 Å². The topological polar surface area (TPSA) is 50.8 Å². The van der Waals surface area contributed by atoms with Crippen LogP contribution in [0.25, 0.3) is 11.1 Å². The number of rotatable bonds is 1. The van der Waals surface area contributed by atoms with Gasteiger partial charge >= 0.3 is 0 Å². The molecule has 1 heterocycles. The molecule has 0 saturated heterocycles. The van der Waals surface area contributed by atoms with Crippen LogP contribution in [0, 0.1) is 36.6 Å². The van der Waals surface area contributed by atoms with Crippen molar-refractivity contribution in [3.8, 4) is 23.4 Å². The van der Waals surface area contributed by atoms with Crippen molar-refractivity contribution in [2.45, 2.75) is 26.9 Å². The molecule has 0 bridgehead atoms. The van der Waals surface area contributed by atoms with Gasteiger partial charge in [-0.2, -0.15) is 10.5 Å². The lowest BCUT2D eigenvalue weighted by Gasteiger charge is -2.14. The maximum absolute atomic E-state index is 9.12. The normalized spacial score (nSPS) is 12.7. The maximum Gasteiger partial charge on any atom is 0.179 e. The fraction of sp³-hybridized carbons (Fsp3) is 0.222. The van der Waals surface area contributed by atoms with Crippen molar-refractivity contribution in [1.29, 1.82) is 10.5 Å². The third-order valence-corrected chi connectivity index (χ3v) is 4.06. The van der Waals surface area contributed by atoms with E-state index >= 15 is 0 Å². The van der Waals surface area contributed by atoms with Crippen molar-refractivity contribution < 1.29 is 0 Å². The lowest BCUT2D eigenvalue weighted by molar-refractivity contribution is 0.417. The third kappa shape index (κ3) is 2.14. The molecule has 2 aromatic carbocycles. The molecule has 0 aliphatic carbocycles. The molecule has 0 fully saturated rings. The number of benzene rings is 2. The zero-order valence-electron chi connectivity index (χ0n) is 12.1. The summed E-state index contributed by atoms with van der Waals surface area (Å²) in [4.78, 5) is 1.77. The molecule has 0 spiro atoms. The maximum atomic E-state index is 9.12. The zero-order valence-corrected chi connectivity index (χ0v) is 12.1. The average Bonchev–Trinajstić information content (AvgIpc) is 2.90. The van der Waals surface area contributed by atoms with Gasteiger partial charge in [0, 0.05) is 0 Å². The molecule has 102 valence electrons. The van der Waals surface area contributed by atoms with Crippen LogP contribution in [-0.4, -0.2) is 4.90 Å². The molecule has 0 radical (unpaired) electrons. The SMILES string of the molecule is Cc1cc(C#N)cc(C)c1-c1cccc2c1CN(C#N)C2. The monoisotopic (exact) mass is 273 g/mol. The highest BCUT2D eigenvalue weighted by Crippen LogP contribution is 2.36. The first-order valence-electron chi connectivity index (χ1n) is 6.91. The zero-order chi connectivity index (χ0) is 15.0. The lowest BCUT2D eigenvalue weighted by atomic mass is 9.90. The fourth-order valence-corrected chi connectivity index (χ4v) is 3.18. The largest absolute Gasteiger partial charge is 0.302 e. The van der Waals surface area contributed by atoms with Gasteiger partial charge in [-0.25, -0.2) is 0 Å². The van der Waals surface area contributed by atoms with Gasteiger partial charge in [0.05, 0.1) is 24.7 Å². The molecule has 0 atom stereocenters. The predicted molar refractivity (Wildman–Crippen MR) is 80.9 cm³/mol. The Morgan fingerprint density at radius 1 is 1.05 bits per heavy atom. The third-order valence-electron chi connectivity index (χ3n) is 4.06. The molecular weight excluding hydrogens is 258 g/mol. The summed E-state index contributed by atoms with van der Waals surface area (Å²) in [6.45, 7) is 5.44. The molecule has 3 nitrogen and oxygen atoms in total. The van der Waals surface area contributed by atoms with Crippen LogP contribution in [-0.2, 0) is 13.1 Å². The van der Waals surface area contributed by atoms with Gasteiger partial charge in [-0.05, 0) is 59.4 Å². The van der Waals surface area contributed by atoms with Crippen LogP contribution in [0.5, 0.6) is 0 Å². The molecule has 1 aliphatic rings. The van der Waals surface area contributed by atoms with Gasteiger partial charge in [0.1, 0.15) is 0 Å². The van der Waals surface area contributed by atoms with Crippen molar-refractivity contribution in [1.82, 2.24) is 4.90 Å². The van der Waals surface area contributed by atoms with E-state index in [0.29, 0.717) is 18.7 Å². The van der Waals surface area contributed by atoms with E-state index in [4.69, 9.17) is 10.5 Å². The van der Waals surface area contributed by atoms with E-state index < -0.39 is 0 Å². The smallest absolute Gasteiger partial charge is 0.179 e. The summed E-state index contributed by atoms with van der Waals surface area (Å²) in [5.74, 6) is 0. The standard InChI is InChI=1S/C18H15N3/c1-12-6-14(8-19)7-13(2)18(12)16-5-3-4-15-9-21(11-20)10-17(15)16/h3-7H,9-10H2,1-2H3. The molecule has 1 aliphatic heterocycles. The lowest BCUT2D eigenvalue weighted by Crippen LogP contribution is -2.07. The Bertz CT molecular complexity index is 783. The molecule has 0 amide bonds. The Kier molecular flexibility index (Phi) is 3.12. The second-order valence-corrected chi connectivity index (χ2v) is 5.50. The van der Waals surface area contributed by atoms with Crippen molar-refractivity contribution in [3.63, 3.8) is 0 Å². The Hall–Kier alpha value is -2.78. The van der Waals surface area contributed by atoms with E-state index in [0.717, 1.165) is 11.1 Å². The molecule has 21 heavy (non-hydrogen) atoms. The van der Waals surface area contributed by atoms with Crippen molar-refractivity contribution in [2.24, 2.45) is 0 Å². The van der Waals surface area contributed by atoms with Crippen LogP contribution < -0.4 is 0 Å². The quantitative estimate of drug-likeness (QED) is 0.745. The Morgan fingerprint density at radius 3 is 2.38 bits per heavy atom. The minimum Gasteiger partial charge on any atom is -0.302 e. The number of aryl methyl sites for hydroxylation is 2.